The van der Waals surface area contributed by atoms with Crippen molar-refractivity contribution in [1.82, 2.24) is 0 Å². The second kappa shape index (κ2) is 15.3. The molecule has 3 aromatic rings. The van der Waals surface area contributed by atoms with Crippen molar-refractivity contribution in [2.24, 2.45) is 0 Å². The van der Waals surface area contributed by atoms with Gasteiger partial charge in [-0.15, -0.1) is 0 Å². The van der Waals surface area contributed by atoms with Gasteiger partial charge in [0.25, 0.3) is 0 Å². The van der Waals surface area contributed by atoms with E-state index in [2.05, 4.69) is 47.8 Å². The lowest BCUT2D eigenvalue weighted by Crippen LogP contribution is -2.78. The van der Waals surface area contributed by atoms with E-state index < -0.39 is 96.4 Å². The molecule has 3 aromatic carbocycles. The molecule has 0 fully saturated rings. The lowest BCUT2D eigenvalue weighted by Gasteiger charge is -2.45. The number of halogens is 26. The minimum absolute atomic E-state index is 0.157. The summed E-state index contributed by atoms with van der Waals surface area (Å²) >= 11 is 8.91. The number of hydrogen-bond donors (Lipinski definition) is 0. The first-order valence-corrected chi connectivity index (χ1v) is 18.3. The largest absolute Gasteiger partial charge is 0.460 e. The maximum absolute atomic E-state index is 15.4. The van der Waals surface area contributed by atoms with Crippen molar-refractivity contribution in [3.63, 3.8) is 0 Å². The Hall–Kier alpha value is -2.69. The average molecular weight is 1110 g/mol. The summed E-state index contributed by atoms with van der Waals surface area (Å²) in [4.78, 5) is 11.5. The fraction of sp³-hybridized carbons (Fsp3) is 0.367. The topological polar surface area (TPSA) is 26.3 Å². The first kappa shape index (κ1) is 50.7. The van der Waals surface area contributed by atoms with Crippen molar-refractivity contribution < 1.29 is 110 Å². The fourth-order valence-electron chi connectivity index (χ4n) is 4.48. The van der Waals surface area contributed by atoms with Crippen molar-refractivity contribution in [3.05, 3.63) is 86.2 Å². The number of rotatable bonds is 14. The molecule has 3 rings (SSSR count). The van der Waals surface area contributed by atoms with Crippen LogP contribution in [0.15, 0.2) is 101 Å². The first-order valence-electron chi connectivity index (χ1n) is 14.3. The third-order valence-electron chi connectivity index (χ3n) is 7.80. The van der Waals surface area contributed by atoms with Crippen molar-refractivity contribution >= 4 is 64.1 Å². The predicted octanol–water partition coefficient (Wildman–Crippen LogP) is 14.6. The van der Waals surface area contributed by atoms with E-state index in [-0.39, 0.29) is 13.4 Å². The van der Waals surface area contributed by atoms with Crippen LogP contribution in [0.2, 0.25) is 0 Å². The second-order valence-corrected chi connectivity index (χ2v) is 17.0. The maximum atomic E-state index is 15.4. The molecule has 0 saturated carbocycles. The highest BCUT2D eigenvalue weighted by Crippen LogP contribution is 2.71. The molecule has 0 aromatic heterocycles. The first-order chi connectivity index (χ1) is 26.1. The van der Waals surface area contributed by atoms with Crippen LogP contribution in [0.1, 0.15) is 0 Å². The molecule has 59 heavy (non-hydrogen) atoms. The van der Waals surface area contributed by atoms with Crippen LogP contribution >= 0.6 is 58.1 Å². The van der Waals surface area contributed by atoms with Gasteiger partial charge in [-0.1, -0.05) is 47.8 Å². The minimum atomic E-state index is -9.57. The van der Waals surface area contributed by atoms with Gasteiger partial charge in [-0.05, 0) is 83.1 Å². The molecule has 0 amide bonds. The summed E-state index contributed by atoms with van der Waals surface area (Å²) in [5, 5.41) is 0. The van der Waals surface area contributed by atoms with Crippen molar-refractivity contribution in [1.29, 1.82) is 0 Å². The van der Waals surface area contributed by atoms with Crippen molar-refractivity contribution in [3.8, 4) is 0 Å². The standard InChI is InChI=1S/C30H12Br3F23O2S/c31-13-1-7-16(8-2-13)59(17-9-3-14(32)4-10-17,18-11-5-15(33)6-12-18)58-19(57)20(34,35)21(36,37)22(38,39)23(40,41)24(42,43)25(44,45)26(46,47)27(48,49)28(50,51)29(52,53)30(54,55)56/h1-12H. The van der Waals surface area contributed by atoms with E-state index in [0.717, 1.165) is 72.8 Å². The molecule has 0 atom stereocenters. The number of carbonyl (C=O) groups excluding carboxylic acids is 1. The van der Waals surface area contributed by atoms with Gasteiger partial charge in [-0.25, -0.2) is 4.79 Å². The van der Waals surface area contributed by atoms with Gasteiger partial charge in [0.05, 0.1) is 0 Å². The molecule has 2 nitrogen and oxygen atoms in total. The number of benzene rings is 3. The summed E-state index contributed by atoms with van der Waals surface area (Å²) < 4.78 is 328. The Balaban J connectivity index is 2.27. The molecule has 0 aliphatic carbocycles. The van der Waals surface area contributed by atoms with Crippen LogP contribution in [0.5, 0.6) is 0 Å². The summed E-state index contributed by atoms with van der Waals surface area (Å²) in [6.07, 6.45) is -8.17. The molecule has 0 unspecified atom stereocenters. The van der Waals surface area contributed by atoms with E-state index in [1.165, 1.54) is 0 Å². The van der Waals surface area contributed by atoms with Crippen LogP contribution in [-0.4, -0.2) is 71.4 Å². The second-order valence-electron chi connectivity index (χ2n) is 11.5. The summed E-state index contributed by atoms with van der Waals surface area (Å²) in [7, 11) is -4.45. The normalized spacial score (nSPS) is 15.3. The summed E-state index contributed by atoms with van der Waals surface area (Å²) in [6, 6.07) is 12.0. The molecule has 0 spiro atoms. The van der Waals surface area contributed by atoms with Gasteiger partial charge >= 0.3 is 71.4 Å². The van der Waals surface area contributed by atoms with E-state index in [4.69, 9.17) is 4.18 Å². The van der Waals surface area contributed by atoms with E-state index in [1.807, 2.05) is 0 Å². The quantitative estimate of drug-likeness (QED) is 0.150. The minimum Gasteiger partial charge on any atom is -0.397 e. The highest BCUT2D eigenvalue weighted by molar-refractivity contribution is 9.11. The lowest BCUT2D eigenvalue weighted by molar-refractivity contribution is -0.477. The SMILES string of the molecule is O=C(OS(c1ccc(Br)cc1)(c1ccc(Br)cc1)c1ccc(Br)cc1)C(F)(F)C(F)(F)C(F)(F)C(F)(F)C(F)(F)C(F)(F)C(F)(F)C(F)(F)C(F)(F)C(F)(F)C(F)(F)F. The number of carbonyl (C=O) groups is 1. The summed E-state index contributed by atoms with van der Waals surface area (Å²) in [5.41, 5.74) is 0. The molecular formula is C30H12Br3F23O2S. The van der Waals surface area contributed by atoms with Gasteiger partial charge in [-0.2, -0.15) is 101 Å². The molecule has 0 aliphatic heterocycles. The van der Waals surface area contributed by atoms with Crippen LogP contribution in [0.25, 0.3) is 0 Å². The Morgan fingerprint density at radius 2 is 0.559 bits per heavy atom. The zero-order chi connectivity index (χ0) is 46.2. The summed E-state index contributed by atoms with van der Waals surface area (Å²) in [6.45, 7) is 0. The lowest BCUT2D eigenvalue weighted by atomic mass is 9.85. The Bertz CT molecular complexity index is 1890. The Kier molecular flexibility index (Phi) is 13.1. The highest BCUT2D eigenvalue weighted by Gasteiger charge is 2.99. The van der Waals surface area contributed by atoms with Gasteiger partial charge in [0, 0.05) is 28.1 Å². The molecule has 0 saturated heterocycles. The Morgan fingerprint density at radius 1 is 0.356 bits per heavy atom. The fourth-order valence-corrected chi connectivity index (χ4v) is 8.27. The van der Waals surface area contributed by atoms with E-state index in [9.17, 15) is 88.2 Å². The Morgan fingerprint density at radius 3 is 0.780 bits per heavy atom. The maximum Gasteiger partial charge on any atom is 0.460 e. The molecule has 0 N–H and O–H groups in total. The van der Waals surface area contributed by atoms with Crippen LogP contribution < -0.4 is 0 Å². The third kappa shape index (κ3) is 7.34. The van der Waals surface area contributed by atoms with E-state index in [0.29, 0.717) is 0 Å². The van der Waals surface area contributed by atoms with Crippen molar-refractivity contribution in [2.45, 2.75) is 80.1 Å². The Labute approximate surface area is 339 Å². The van der Waals surface area contributed by atoms with Gasteiger partial charge in [0.1, 0.15) is 0 Å². The zero-order valence-corrected chi connectivity index (χ0v) is 32.6. The van der Waals surface area contributed by atoms with Crippen molar-refractivity contribution in [2.75, 3.05) is 0 Å². The molecule has 0 bridgehead atoms. The predicted molar refractivity (Wildman–Crippen MR) is 166 cm³/mol. The van der Waals surface area contributed by atoms with Crippen LogP contribution in [-0.2, 0) is 8.98 Å². The smallest absolute Gasteiger partial charge is 0.397 e. The molecule has 0 aliphatic rings. The highest BCUT2D eigenvalue weighted by atomic mass is 79.9. The molecule has 332 valence electrons. The average Bonchev–Trinajstić information content (AvgIpc) is 3.10. The van der Waals surface area contributed by atoms with Gasteiger partial charge < -0.3 is 4.18 Å². The molecule has 29 heteroatoms. The molecule has 0 radical (unpaired) electrons. The van der Waals surface area contributed by atoms with E-state index >= 15 is 17.6 Å². The van der Waals surface area contributed by atoms with Crippen LogP contribution in [0.4, 0.5) is 101 Å². The van der Waals surface area contributed by atoms with Gasteiger partial charge in [-0.3, -0.25) is 0 Å². The third-order valence-corrected chi connectivity index (χ3v) is 12.6. The van der Waals surface area contributed by atoms with Gasteiger partial charge in [0.2, 0.25) is 0 Å². The summed E-state index contributed by atoms with van der Waals surface area (Å²) in [5.74, 6) is -94.7. The molecular weight excluding hydrogens is 1100 g/mol. The zero-order valence-electron chi connectivity index (χ0n) is 27.0. The molecule has 0 heterocycles. The number of hydrogen-bond acceptors (Lipinski definition) is 2. The van der Waals surface area contributed by atoms with Crippen LogP contribution in [0.3, 0.4) is 0 Å². The number of alkyl halides is 23. The van der Waals surface area contributed by atoms with E-state index in [1.54, 1.807) is 0 Å². The monoisotopic (exact) mass is 1110 g/mol. The van der Waals surface area contributed by atoms with Gasteiger partial charge in [0.15, 0.2) is 0 Å². The van der Waals surface area contributed by atoms with Crippen LogP contribution in [0, 0.1) is 0 Å².